The fourth-order valence-corrected chi connectivity index (χ4v) is 1.39. The highest BCUT2D eigenvalue weighted by Gasteiger charge is 2.25. The Morgan fingerprint density at radius 1 is 1.80 bits per heavy atom. The largest absolute Gasteiger partial charge is 0.467 e. The summed E-state index contributed by atoms with van der Waals surface area (Å²) in [5.41, 5.74) is 0. The number of aromatic nitrogens is 2. The molecule has 0 amide bonds. The van der Waals surface area contributed by atoms with Crippen molar-refractivity contribution in [2.45, 2.75) is 13.0 Å². The van der Waals surface area contributed by atoms with Gasteiger partial charge in [0.05, 0.1) is 18.4 Å². The van der Waals surface area contributed by atoms with Gasteiger partial charge in [-0.3, -0.25) is 0 Å². The van der Waals surface area contributed by atoms with Gasteiger partial charge in [-0.1, -0.05) is 0 Å². The van der Waals surface area contributed by atoms with E-state index in [0.29, 0.717) is 0 Å². The van der Waals surface area contributed by atoms with Crippen LogP contribution in [-0.4, -0.2) is 27.8 Å². The van der Waals surface area contributed by atoms with E-state index in [9.17, 15) is 14.9 Å². The van der Waals surface area contributed by atoms with E-state index in [1.807, 2.05) is 0 Å². The molecule has 0 saturated heterocycles. The number of hydrogen-bond donors (Lipinski definition) is 0. The molecule has 0 unspecified atom stereocenters. The molecule has 8 heteroatoms. The summed E-state index contributed by atoms with van der Waals surface area (Å²) in [4.78, 5) is 21.0. The molecule has 0 spiro atoms. The van der Waals surface area contributed by atoms with Gasteiger partial charge in [0.1, 0.15) is 4.47 Å². The lowest BCUT2D eigenvalue weighted by Crippen LogP contribution is -2.18. The Morgan fingerprint density at radius 3 is 2.80 bits per heavy atom. The van der Waals surface area contributed by atoms with Crippen LogP contribution in [0.2, 0.25) is 0 Å². The van der Waals surface area contributed by atoms with Crippen molar-refractivity contribution in [3.63, 3.8) is 0 Å². The summed E-state index contributed by atoms with van der Waals surface area (Å²) in [5, 5.41) is 14.1. The average molecular weight is 278 g/mol. The maximum atomic E-state index is 11.1. The van der Waals surface area contributed by atoms with Gasteiger partial charge in [-0.05, 0) is 27.8 Å². The number of halogens is 1. The van der Waals surface area contributed by atoms with Crippen LogP contribution >= 0.6 is 15.9 Å². The molecule has 1 atom stereocenters. The molecule has 0 N–H and O–H groups in total. The van der Waals surface area contributed by atoms with E-state index in [2.05, 4.69) is 25.8 Å². The Kier molecular flexibility index (Phi) is 3.40. The molecule has 0 radical (unpaired) electrons. The molecule has 0 fully saturated rings. The van der Waals surface area contributed by atoms with Crippen LogP contribution in [-0.2, 0) is 9.53 Å². The van der Waals surface area contributed by atoms with Crippen LogP contribution in [0.1, 0.15) is 13.0 Å². The summed E-state index contributed by atoms with van der Waals surface area (Å²) in [6.45, 7) is 1.54. The second-order valence-electron chi connectivity index (χ2n) is 2.74. The van der Waals surface area contributed by atoms with Crippen molar-refractivity contribution < 1.29 is 14.5 Å². The first-order valence-corrected chi connectivity index (χ1v) is 4.73. The third-order valence-electron chi connectivity index (χ3n) is 1.78. The van der Waals surface area contributed by atoms with Gasteiger partial charge in [0.25, 0.3) is 0 Å². The van der Waals surface area contributed by atoms with Crippen molar-refractivity contribution in [1.29, 1.82) is 0 Å². The van der Waals surface area contributed by atoms with Crippen molar-refractivity contribution in [2.24, 2.45) is 0 Å². The number of esters is 1. The Labute approximate surface area is 93.3 Å². The van der Waals surface area contributed by atoms with Crippen molar-refractivity contribution in [1.82, 2.24) is 9.78 Å². The fraction of sp³-hybridized carbons (Fsp3) is 0.429. The first-order valence-electron chi connectivity index (χ1n) is 3.94. The van der Waals surface area contributed by atoms with E-state index in [1.165, 1.54) is 24.9 Å². The predicted molar refractivity (Wildman–Crippen MR) is 53.3 cm³/mol. The molecule has 0 aliphatic rings. The van der Waals surface area contributed by atoms with Gasteiger partial charge < -0.3 is 14.9 Å². The van der Waals surface area contributed by atoms with Gasteiger partial charge in [0, 0.05) is 0 Å². The molecule has 82 valence electrons. The minimum Gasteiger partial charge on any atom is -0.467 e. The second kappa shape index (κ2) is 4.39. The van der Waals surface area contributed by atoms with E-state index in [0.717, 1.165) is 0 Å². The van der Waals surface area contributed by atoms with Crippen LogP contribution in [0, 0.1) is 10.1 Å². The van der Waals surface area contributed by atoms with Gasteiger partial charge in [-0.15, -0.1) is 0 Å². The quantitative estimate of drug-likeness (QED) is 0.472. The number of carbonyl (C=O) groups is 1. The number of hydrogen-bond acceptors (Lipinski definition) is 5. The molecule has 7 nitrogen and oxygen atoms in total. The SMILES string of the molecule is COC(=O)[C@H](C)n1cc(Br)c([N+](=O)[O-])n1. The molecule has 15 heavy (non-hydrogen) atoms. The topological polar surface area (TPSA) is 87.3 Å². The van der Waals surface area contributed by atoms with Crippen molar-refractivity contribution in [3.05, 3.63) is 20.8 Å². The Bertz CT molecular complexity index is 403. The van der Waals surface area contributed by atoms with Crippen LogP contribution in [0.15, 0.2) is 10.7 Å². The number of methoxy groups -OCH3 is 1. The van der Waals surface area contributed by atoms with E-state index in [1.54, 1.807) is 0 Å². The van der Waals surface area contributed by atoms with Crippen LogP contribution in [0.5, 0.6) is 0 Å². The smallest absolute Gasteiger partial charge is 0.404 e. The lowest BCUT2D eigenvalue weighted by Gasteiger charge is -2.04. The summed E-state index contributed by atoms with van der Waals surface area (Å²) in [7, 11) is 1.24. The van der Waals surface area contributed by atoms with Crippen LogP contribution in [0.4, 0.5) is 5.82 Å². The van der Waals surface area contributed by atoms with Crippen molar-refractivity contribution >= 4 is 27.7 Å². The highest BCUT2D eigenvalue weighted by atomic mass is 79.9. The summed E-state index contributed by atoms with van der Waals surface area (Å²) in [5.74, 6) is -0.842. The van der Waals surface area contributed by atoms with Crippen LogP contribution in [0.3, 0.4) is 0 Å². The third kappa shape index (κ3) is 2.32. The lowest BCUT2D eigenvalue weighted by molar-refractivity contribution is -0.390. The zero-order valence-corrected chi connectivity index (χ0v) is 9.59. The first-order chi connectivity index (χ1) is 6.97. The van der Waals surface area contributed by atoms with Gasteiger partial charge in [0.15, 0.2) is 6.04 Å². The molecular weight excluding hydrogens is 270 g/mol. The standard InChI is InChI=1S/C7H8BrN3O4/c1-4(7(12)15-2)10-3-5(8)6(9-10)11(13)14/h3-4H,1-2H3/t4-/m0/s1. The molecule has 0 aliphatic carbocycles. The van der Waals surface area contributed by atoms with E-state index in [4.69, 9.17) is 0 Å². The zero-order chi connectivity index (χ0) is 11.6. The summed E-state index contributed by atoms with van der Waals surface area (Å²) in [6, 6.07) is -0.694. The molecule has 0 aromatic carbocycles. The number of nitrogens with zero attached hydrogens (tertiary/aromatic N) is 3. The van der Waals surface area contributed by atoms with Gasteiger partial charge >= 0.3 is 11.8 Å². The first kappa shape index (κ1) is 11.6. The van der Waals surface area contributed by atoms with E-state index in [-0.39, 0.29) is 10.3 Å². The number of rotatable bonds is 3. The molecule has 1 aromatic rings. The number of ether oxygens (including phenoxy) is 1. The minimum absolute atomic E-state index is 0.225. The predicted octanol–water partition coefficient (Wildman–Crippen LogP) is 1.29. The zero-order valence-electron chi connectivity index (χ0n) is 8.01. The Morgan fingerprint density at radius 2 is 2.40 bits per heavy atom. The average Bonchev–Trinajstić information content (AvgIpc) is 2.58. The van der Waals surface area contributed by atoms with E-state index < -0.39 is 16.9 Å². The highest BCUT2D eigenvalue weighted by Crippen LogP contribution is 2.24. The maximum Gasteiger partial charge on any atom is 0.404 e. The second-order valence-corrected chi connectivity index (χ2v) is 3.59. The molecular formula is C7H8BrN3O4. The fourth-order valence-electron chi connectivity index (χ4n) is 0.961. The Balaban J connectivity index is 3.02. The normalized spacial score (nSPS) is 12.2. The minimum atomic E-state index is -0.694. The monoisotopic (exact) mass is 277 g/mol. The van der Waals surface area contributed by atoms with Gasteiger partial charge in [0.2, 0.25) is 0 Å². The molecule has 0 aliphatic heterocycles. The lowest BCUT2D eigenvalue weighted by atomic mass is 10.3. The summed E-state index contributed by atoms with van der Waals surface area (Å²) < 4.78 is 5.89. The summed E-state index contributed by atoms with van der Waals surface area (Å²) in [6.07, 6.45) is 1.36. The summed E-state index contributed by atoms with van der Waals surface area (Å²) >= 11 is 2.98. The molecule has 0 saturated carbocycles. The van der Waals surface area contributed by atoms with Crippen LogP contribution in [0.25, 0.3) is 0 Å². The number of nitro groups is 1. The third-order valence-corrected chi connectivity index (χ3v) is 2.34. The maximum absolute atomic E-state index is 11.1. The highest BCUT2D eigenvalue weighted by molar-refractivity contribution is 9.10. The van der Waals surface area contributed by atoms with Crippen molar-refractivity contribution in [2.75, 3.05) is 7.11 Å². The van der Waals surface area contributed by atoms with Gasteiger partial charge in [-0.2, -0.15) is 4.68 Å². The van der Waals surface area contributed by atoms with Crippen molar-refractivity contribution in [3.8, 4) is 0 Å². The molecule has 0 bridgehead atoms. The number of carbonyl (C=O) groups excluding carboxylic acids is 1. The van der Waals surface area contributed by atoms with Crippen LogP contribution < -0.4 is 0 Å². The Hall–Kier alpha value is -1.44. The molecule has 1 heterocycles. The van der Waals surface area contributed by atoms with Gasteiger partial charge in [-0.25, -0.2) is 4.79 Å². The molecule has 1 rings (SSSR count). The van der Waals surface area contributed by atoms with E-state index >= 15 is 0 Å². The molecule has 1 aromatic heterocycles.